The average Bonchev–Trinajstić information content (AvgIpc) is 2.98. The van der Waals surface area contributed by atoms with Crippen molar-refractivity contribution in [3.63, 3.8) is 0 Å². The summed E-state index contributed by atoms with van der Waals surface area (Å²) in [5.41, 5.74) is -0.249. The first-order valence-corrected chi connectivity index (χ1v) is 10.2. The van der Waals surface area contributed by atoms with Crippen LogP contribution in [-0.4, -0.2) is 17.1 Å². The van der Waals surface area contributed by atoms with Crippen molar-refractivity contribution < 1.29 is 18.0 Å². The Kier molecular flexibility index (Phi) is 3.90. The Morgan fingerprint density at radius 1 is 1.07 bits per heavy atom. The molecule has 4 fully saturated rings. The molecule has 2 N–H and O–H groups in total. The predicted molar refractivity (Wildman–Crippen MR) is 97.6 cm³/mol. The van der Waals surface area contributed by atoms with E-state index in [9.17, 15) is 18.0 Å². The zero-order valence-corrected chi connectivity index (χ0v) is 15.4. The number of fused-ring (bicyclic) bond motifs is 1. The molecule has 4 bridgehead atoms. The van der Waals surface area contributed by atoms with Gasteiger partial charge in [-0.1, -0.05) is 11.3 Å². The molecule has 6 rings (SSSR count). The minimum atomic E-state index is -4.39. The SMILES string of the molecule is O=C(Nc1nc2ccc(C(F)(F)F)cc2s1)NC1C2CC3CC(C2)CC1C3. The van der Waals surface area contributed by atoms with Gasteiger partial charge < -0.3 is 5.32 Å². The second-order valence-corrected chi connectivity index (χ2v) is 9.28. The van der Waals surface area contributed by atoms with Gasteiger partial charge in [-0.25, -0.2) is 9.78 Å². The van der Waals surface area contributed by atoms with E-state index < -0.39 is 11.7 Å². The molecule has 4 aliphatic rings. The third-order valence-corrected chi connectivity index (χ3v) is 7.39. The lowest BCUT2D eigenvalue weighted by Gasteiger charge is -2.54. The number of thiazole rings is 1. The number of nitrogens with zero attached hydrogens (tertiary/aromatic N) is 1. The number of benzene rings is 1. The maximum atomic E-state index is 12.8. The minimum Gasteiger partial charge on any atom is -0.335 e. The monoisotopic (exact) mass is 395 g/mol. The van der Waals surface area contributed by atoms with Crippen LogP contribution in [0.1, 0.15) is 37.7 Å². The number of hydrogen-bond acceptors (Lipinski definition) is 3. The van der Waals surface area contributed by atoms with Crippen LogP contribution in [0.4, 0.5) is 23.1 Å². The van der Waals surface area contributed by atoms with Crippen LogP contribution in [0.2, 0.25) is 0 Å². The molecule has 0 radical (unpaired) electrons. The van der Waals surface area contributed by atoms with Gasteiger partial charge in [-0.3, -0.25) is 5.32 Å². The lowest BCUT2D eigenvalue weighted by atomic mass is 9.54. The molecule has 27 heavy (non-hydrogen) atoms. The van der Waals surface area contributed by atoms with Gasteiger partial charge in [0.1, 0.15) is 0 Å². The lowest BCUT2D eigenvalue weighted by molar-refractivity contribution is -0.137. The van der Waals surface area contributed by atoms with Gasteiger partial charge in [0.25, 0.3) is 0 Å². The van der Waals surface area contributed by atoms with E-state index in [1.807, 2.05) is 0 Å². The summed E-state index contributed by atoms with van der Waals surface area (Å²) in [6.07, 6.45) is 1.80. The van der Waals surface area contributed by atoms with Gasteiger partial charge >= 0.3 is 12.2 Å². The smallest absolute Gasteiger partial charge is 0.335 e. The molecule has 0 aliphatic heterocycles. The fraction of sp³-hybridized carbons (Fsp3) is 0.579. The number of nitrogens with one attached hydrogen (secondary N) is 2. The van der Waals surface area contributed by atoms with Crippen LogP contribution < -0.4 is 10.6 Å². The molecule has 1 aromatic carbocycles. The van der Waals surface area contributed by atoms with Gasteiger partial charge in [-0.05, 0) is 74.0 Å². The molecule has 2 amide bonds. The zero-order chi connectivity index (χ0) is 18.8. The molecule has 0 saturated heterocycles. The highest BCUT2D eigenvalue weighted by molar-refractivity contribution is 7.22. The summed E-state index contributed by atoms with van der Waals surface area (Å²) in [5, 5.41) is 6.18. The topological polar surface area (TPSA) is 54.0 Å². The molecule has 4 saturated carbocycles. The summed E-state index contributed by atoms with van der Waals surface area (Å²) < 4.78 is 38.9. The Morgan fingerprint density at radius 3 is 2.37 bits per heavy atom. The summed E-state index contributed by atoms with van der Waals surface area (Å²) in [7, 11) is 0. The van der Waals surface area contributed by atoms with Crippen molar-refractivity contribution in [2.45, 2.75) is 44.3 Å². The molecule has 1 aromatic heterocycles. The molecule has 8 heteroatoms. The highest BCUT2D eigenvalue weighted by atomic mass is 32.1. The van der Waals surface area contributed by atoms with Crippen molar-refractivity contribution in [1.82, 2.24) is 10.3 Å². The van der Waals surface area contributed by atoms with E-state index in [1.54, 1.807) is 0 Å². The number of hydrogen-bond donors (Lipinski definition) is 2. The molecule has 0 spiro atoms. The Hall–Kier alpha value is -1.83. The summed E-state index contributed by atoms with van der Waals surface area (Å²) in [4.78, 5) is 16.7. The summed E-state index contributed by atoms with van der Waals surface area (Å²) in [5.74, 6) is 2.80. The first kappa shape index (κ1) is 17.3. The number of anilines is 1. The number of carbonyl (C=O) groups is 1. The number of alkyl halides is 3. The van der Waals surface area contributed by atoms with Gasteiger partial charge in [0.05, 0.1) is 15.8 Å². The summed E-state index contributed by atoms with van der Waals surface area (Å²) in [6, 6.07) is 3.34. The van der Waals surface area contributed by atoms with E-state index in [4.69, 9.17) is 0 Å². The number of halogens is 3. The highest BCUT2D eigenvalue weighted by Crippen LogP contribution is 2.53. The van der Waals surface area contributed by atoms with Gasteiger partial charge in [0.15, 0.2) is 5.13 Å². The maximum Gasteiger partial charge on any atom is 0.416 e. The number of amides is 2. The maximum absolute atomic E-state index is 12.8. The molecular weight excluding hydrogens is 375 g/mol. The number of carbonyl (C=O) groups excluding carboxylic acids is 1. The van der Waals surface area contributed by atoms with Crippen molar-refractivity contribution in [2.24, 2.45) is 23.7 Å². The van der Waals surface area contributed by atoms with E-state index in [0.717, 1.165) is 35.3 Å². The third-order valence-electron chi connectivity index (χ3n) is 6.46. The normalized spacial score (nSPS) is 32.0. The summed E-state index contributed by atoms with van der Waals surface area (Å²) >= 11 is 1.06. The predicted octanol–water partition coefficient (Wildman–Crippen LogP) is 5.26. The quantitative estimate of drug-likeness (QED) is 0.729. The molecule has 0 atom stereocenters. The fourth-order valence-corrected chi connectivity index (χ4v) is 6.50. The number of aromatic nitrogens is 1. The van der Waals surface area contributed by atoms with Crippen LogP contribution in [0, 0.1) is 23.7 Å². The van der Waals surface area contributed by atoms with Crippen molar-refractivity contribution in [3.05, 3.63) is 23.8 Å². The number of urea groups is 1. The average molecular weight is 395 g/mol. The first-order valence-electron chi connectivity index (χ1n) is 9.40. The van der Waals surface area contributed by atoms with E-state index in [2.05, 4.69) is 15.6 Å². The van der Waals surface area contributed by atoms with E-state index in [0.29, 0.717) is 27.2 Å². The van der Waals surface area contributed by atoms with Gasteiger partial charge in [0.2, 0.25) is 0 Å². The van der Waals surface area contributed by atoms with E-state index in [1.165, 1.54) is 38.2 Å². The molecule has 0 unspecified atom stereocenters. The van der Waals surface area contributed by atoms with Crippen molar-refractivity contribution >= 4 is 32.7 Å². The van der Waals surface area contributed by atoms with Crippen molar-refractivity contribution in [3.8, 4) is 0 Å². The Bertz CT molecular complexity index is 866. The van der Waals surface area contributed by atoms with Gasteiger partial charge in [-0.2, -0.15) is 13.2 Å². The fourth-order valence-electron chi connectivity index (χ4n) is 5.60. The van der Waals surface area contributed by atoms with Crippen LogP contribution in [0.15, 0.2) is 18.2 Å². The molecule has 4 nitrogen and oxygen atoms in total. The van der Waals surface area contributed by atoms with Crippen LogP contribution in [0.3, 0.4) is 0 Å². The number of rotatable bonds is 2. The molecule has 144 valence electrons. The standard InChI is InChI=1S/C19H20F3N3OS/c20-19(21,22)13-1-2-14-15(8-13)27-18(23-14)25-17(26)24-16-11-4-9-3-10(6-11)7-12(16)5-9/h1-2,8-12,16H,3-7H2,(H2,23,24,25,26). The van der Waals surface area contributed by atoms with Crippen LogP contribution >= 0.6 is 11.3 Å². The second-order valence-electron chi connectivity index (χ2n) is 8.25. The summed E-state index contributed by atoms with van der Waals surface area (Å²) in [6.45, 7) is 0. The van der Waals surface area contributed by atoms with E-state index >= 15 is 0 Å². The van der Waals surface area contributed by atoms with Gasteiger partial charge in [-0.15, -0.1) is 0 Å². The van der Waals surface area contributed by atoms with Gasteiger partial charge in [0, 0.05) is 6.04 Å². The molecule has 4 aliphatic carbocycles. The van der Waals surface area contributed by atoms with Crippen molar-refractivity contribution in [1.29, 1.82) is 0 Å². The highest BCUT2D eigenvalue weighted by Gasteiger charge is 2.48. The van der Waals surface area contributed by atoms with E-state index in [-0.39, 0.29) is 12.1 Å². The molecule has 1 heterocycles. The van der Waals surface area contributed by atoms with Crippen LogP contribution in [0.5, 0.6) is 0 Å². The third kappa shape index (κ3) is 3.17. The Balaban J connectivity index is 1.28. The molecule has 2 aromatic rings. The minimum absolute atomic E-state index is 0.212. The largest absolute Gasteiger partial charge is 0.416 e. The Labute approximate surface area is 158 Å². The second kappa shape index (κ2) is 6.09. The molecular formula is C19H20F3N3OS. The van der Waals surface area contributed by atoms with Crippen molar-refractivity contribution in [2.75, 3.05) is 5.32 Å². The lowest BCUT2D eigenvalue weighted by Crippen LogP contribution is -2.56. The van der Waals surface area contributed by atoms with Crippen LogP contribution in [-0.2, 0) is 6.18 Å². The first-order chi connectivity index (χ1) is 12.8. The van der Waals surface area contributed by atoms with Crippen LogP contribution in [0.25, 0.3) is 10.2 Å². The Morgan fingerprint density at radius 2 is 1.74 bits per heavy atom. The zero-order valence-electron chi connectivity index (χ0n) is 14.6.